The number of aryl methyl sites for hydroxylation is 2. The zero-order chi connectivity index (χ0) is 15.8. The van der Waals surface area contributed by atoms with E-state index in [1.54, 1.807) is 0 Å². The van der Waals surface area contributed by atoms with Crippen LogP contribution in [0.2, 0.25) is 0 Å². The number of hydrogen-bond donors (Lipinski definition) is 0. The maximum atomic E-state index is 4.54. The van der Waals surface area contributed by atoms with Gasteiger partial charge in [-0.3, -0.25) is 0 Å². The zero-order valence-corrected chi connectivity index (χ0v) is 13.3. The average molecular weight is 313 g/mol. The summed E-state index contributed by atoms with van der Waals surface area (Å²) in [6, 6.07) is 4.24. The molecule has 0 aliphatic carbocycles. The maximum Gasteiger partial charge on any atom is 0.200 e. The van der Waals surface area contributed by atoms with Gasteiger partial charge in [-0.25, -0.2) is 9.67 Å². The highest BCUT2D eigenvalue weighted by Gasteiger charge is 2.25. The maximum absolute atomic E-state index is 4.54. The van der Waals surface area contributed by atoms with E-state index in [4.69, 9.17) is 0 Å². The van der Waals surface area contributed by atoms with Crippen molar-refractivity contribution in [1.82, 2.24) is 40.0 Å². The molecule has 3 aromatic heterocycles. The van der Waals surface area contributed by atoms with Crippen LogP contribution < -0.4 is 4.90 Å². The van der Waals surface area contributed by atoms with E-state index < -0.39 is 0 Å². The molecule has 0 amide bonds. The summed E-state index contributed by atoms with van der Waals surface area (Å²) in [5.74, 6) is 2.68. The number of aromatic nitrogens is 8. The third-order valence-electron chi connectivity index (χ3n) is 4.32. The normalized spacial score (nSPS) is 18.7. The number of nitrogens with zero attached hydrogens (tertiary/aromatic N) is 9. The Hall–Kier alpha value is -2.58. The number of anilines is 1. The van der Waals surface area contributed by atoms with E-state index in [0.29, 0.717) is 11.7 Å². The van der Waals surface area contributed by atoms with Gasteiger partial charge in [0.1, 0.15) is 11.6 Å². The van der Waals surface area contributed by atoms with E-state index in [1.807, 2.05) is 30.7 Å². The van der Waals surface area contributed by atoms with Crippen LogP contribution in [-0.2, 0) is 6.54 Å². The van der Waals surface area contributed by atoms with Gasteiger partial charge < -0.3 is 4.90 Å². The Labute approximate surface area is 133 Å². The fraction of sp³-hybridized carbons (Fsp3) is 0.571. The zero-order valence-electron chi connectivity index (χ0n) is 13.3. The Kier molecular flexibility index (Phi) is 3.40. The second kappa shape index (κ2) is 5.56. The summed E-state index contributed by atoms with van der Waals surface area (Å²) in [5.41, 5.74) is 0.657. The lowest BCUT2D eigenvalue weighted by atomic mass is 10.0. The minimum Gasteiger partial charge on any atom is -0.350 e. The third-order valence-corrected chi connectivity index (χ3v) is 4.32. The summed E-state index contributed by atoms with van der Waals surface area (Å²) >= 11 is 0. The van der Waals surface area contributed by atoms with Crippen molar-refractivity contribution in [2.24, 2.45) is 0 Å². The molecule has 0 spiro atoms. The predicted octanol–water partition coefficient (Wildman–Crippen LogP) is 0.787. The average Bonchev–Trinajstić information content (AvgIpc) is 3.13. The molecular formula is C14H19N9. The Balaban J connectivity index is 1.63. The molecule has 0 bridgehead atoms. The minimum atomic E-state index is 0.352. The Morgan fingerprint density at radius 3 is 2.91 bits per heavy atom. The highest BCUT2D eigenvalue weighted by Crippen LogP contribution is 2.24. The van der Waals surface area contributed by atoms with Crippen LogP contribution in [0.15, 0.2) is 12.1 Å². The number of piperidine rings is 1. The van der Waals surface area contributed by atoms with E-state index in [1.165, 1.54) is 17.5 Å². The lowest BCUT2D eigenvalue weighted by molar-refractivity contribution is 0.390. The van der Waals surface area contributed by atoms with Crippen LogP contribution in [0.25, 0.3) is 5.65 Å². The number of fused-ring (bicyclic) bond motifs is 1. The molecule has 4 rings (SSSR count). The lowest BCUT2D eigenvalue weighted by Crippen LogP contribution is -2.43. The van der Waals surface area contributed by atoms with Gasteiger partial charge in [-0.1, -0.05) is 0 Å². The van der Waals surface area contributed by atoms with Gasteiger partial charge in [0, 0.05) is 6.54 Å². The van der Waals surface area contributed by atoms with Crippen LogP contribution >= 0.6 is 0 Å². The van der Waals surface area contributed by atoms with Crippen LogP contribution in [0.3, 0.4) is 0 Å². The van der Waals surface area contributed by atoms with Crippen LogP contribution in [0.4, 0.5) is 5.82 Å². The Bertz CT molecular complexity index is 821. The van der Waals surface area contributed by atoms with Crippen LogP contribution in [0.5, 0.6) is 0 Å². The molecule has 9 nitrogen and oxygen atoms in total. The van der Waals surface area contributed by atoms with Crippen molar-refractivity contribution >= 4 is 11.5 Å². The van der Waals surface area contributed by atoms with Crippen molar-refractivity contribution in [3.05, 3.63) is 23.8 Å². The second-order valence-corrected chi connectivity index (χ2v) is 5.95. The topological polar surface area (TPSA) is 89.9 Å². The minimum absolute atomic E-state index is 0.352. The lowest BCUT2D eigenvalue weighted by Gasteiger charge is -2.36. The predicted molar refractivity (Wildman–Crippen MR) is 83.1 cm³/mol. The summed E-state index contributed by atoms with van der Waals surface area (Å²) in [7, 11) is 0. The molecule has 0 N–H and O–H groups in total. The van der Waals surface area contributed by atoms with E-state index in [9.17, 15) is 0 Å². The molecule has 4 heterocycles. The first-order chi connectivity index (χ1) is 11.2. The van der Waals surface area contributed by atoms with Gasteiger partial charge in [0.05, 0.1) is 12.6 Å². The molecule has 1 fully saturated rings. The Morgan fingerprint density at radius 1 is 1.17 bits per heavy atom. The molecule has 1 aliphatic heterocycles. The second-order valence-electron chi connectivity index (χ2n) is 5.95. The van der Waals surface area contributed by atoms with Crippen molar-refractivity contribution in [3.63, 3.8) is 0 Å². The van der Waals surface area contributed by atoms with E-state index in [2.05, 4.69) is 35.6 Å². The molecule has 0 saturated carbocycles. The molecule has 23 heavy (non-hydrogen) atoms. The molecule has 1 unspecified atom stereocenters. The van der Waals surface area contributed by atoms with Gasteiger partial charge >= 0.3 is 0 Å². The van der Waals surface area contributed by atoms with Gasteiger partial charge in [0.2, 0.25) is 0 Å². The van der Waals surface area contributed by atoms with Crippen LogP contribution in [0, 0.1) is 13.8 Å². The van der Waals surface area contributed by atoms with E-state index in [0.717, 1.165) is 37.0 Å². The molecule has 120 valence electrons. The molecule has 1 aliphatic rings. The number of tetrazole rings is 1. The standard InChI is InChI=1S/C14H19N9/c1-10-15-11(2)22(17-10)9-12-5-3-4-8-21(12)14-7-6-13-16-19-20-23(13)18-14/h6-7,12H,3-5,8-9H2,1-2H3. The number of rotatable bonds is 3. The monoisotopic (exact) mass is 313 g/mol. The van der Waals surface area contributed by atoms with Gasteiger partial charge in [0.25, 0.3) is 0 Å². The van der Waals surface area contributed by atoms with Gasteiger partial charge in [0.15, 0.2) is 11.5 Å². The largest absolute Gasteiger partial charge is 0.350 e. The van der Waals surface area contributed by atoms with Crippen LogP contribution in [-0.4, -0.2) is 52.6 Å². The summed E-state index contributed by atoms with van der Waals surface area (Å²) in [6.45, 7) is 5.73. The number of hydrogen-bond acceptors (Lipinski definition) is 7. The summed E-state index contributed by atoms with van der Waals surface area (Å²) < 4.78 is 3.47. The first kappa shape index (κ1) is 14.0. The molecule has 1 atom stereocenters. The van der Waals surface area contributed by atoms with Crippen molar-refractivity contribution in [3.8, 4) is 0 Å². The summed E-state index contributed by atoms with van der Waals surface area (Å²) in [4.78, 5) is 6.73. The van der Waals surface area contributed by atoms with Gasteiger partial charge in [-0.2, -0.15) is 5.10 Å². The molecule has 3 aromatic rings. The molecule has 1 saturated heterocycles. The Morgan fingerprint density at radius 2 is 2.09 bits per heavy atom. The molecule has 0 aromatic carbocycles. The van der Waals surface area contributed by atoms with Crippen molar-refractivity contribution < 1.29 is 0 Å². The first-order valence-corrected chi connectivity index (χ1v) is 7.91. The molecule has 9 heteroatoms. The SMILES string of the molecule is Cc1nc(C)n(CC2CCCCN2c2ccc3nnnn3n2)n1. The summed E-state index contributed by atoms with van der Waals surface area (Å²) in [6.07, 6.45) is 3.51. The van der Waals surface area contributed by atoms with Crippen molar-refractivity contribution in [1.29, 1.82) is 0 Å². The summed E-state index contributed by atoms with van der Waals surface area (Å²) in [5, 5.41) is 20.5. The van der Waals surface area contributed by atoms with E-state index in [-0.39, 0.29) is 0 Å². The third kappa shape index (κ3) is 2.62. The quantitative estimate of drug-likeness (QED) is 0.706. The highest BCUT2D eigenvalue weighted by molar-refractivity contribution is 5.45. The fourth-order valence-electron chi connectivity index (χ4n) is 3.22. The molecule has 0 radical (unpaired) electrons. The smallest absolute Gasteiger partial charge is 0.200 e. The van der Waals surface area contributed by atoms with Crippen molar-refractivity contribution in [2.75, 3.05) is 11.4 Å². The fourth-order valence-corrected chi connectivity index (χ4v) is 3.22. The van der Waals surface area contributed by atoms with E-state index >= 15 is 0 Å². The van der Waals surface area contributed by atoms with Crippen LogP contribution in [0.1, 0.15) is 30.9 Å². The molecular weight excluding hydrogens is 294 g/mol. The van der Waals surface area contributed by atoms with Gasteiger partial charge in [-0.05, 0) is 55.7 Å². The van der Waals surface area contributed by atoms with Crippen molar-refractivity contribution in [2.45, 2.75) is 45.7 Å². The first-order valence-electron chi connectivity index (χ1n) is 7.91. The van der Waals surface area contributed by atoms with Gasteiger partial charge in [-0.15, -0.1) is 14.8 Å². The highest BCUT2D eigenvalue weighted by atomic mass is 15.6.